The van der Waals surface area contributed by atoms with E-state index in [1.807, 2.05) is 55.5 Å². The summed E-state index contributed by atoms with van der Waals surface area (Å²) in [7, 11) is 0. The number of aromatic nitrogens is 5. The summed E-state index contributed by atoms with van der Waals surface area (Å²) in [5.41, 5.74) is 1.77. The molecule has 0 N–H and O–H groups in total. The molecule has 0 atom stereocenters. The highest BCUT2D eigenvalue weighted by Gasteiger charge is 2.14. The molecule has 6 heteroatoms. The van der Waals surface area contributed by atoms with Crippen molar-refractivity contribution in [3.8, 4) is 22.8 Å². The summed E-state index contributed by atoms with van der Waals surface area (Å²) in [6, 6.07) is 15.6. The number of rotatable bonds is 4. The minimum Gasteiger partial charge on any atom is -0.439 e. The highest BCUT2D eigenvalue weighted by molar-refractivity contribution is 5.55. The molecule has 0 aliphatic heterocycles. The van der Waals surface area contributed by atoms with Gasteiger partial charge in [0.1, 0.15) is 18.1 Å². The van der Waals surface area contributed by atoms with Crippen LogP contribution in [0.15, 0.2) is 65.3 Å². The number of pyridine rings is 1. The van der Waals surface area contributed by atoms with Gasteiger partial charge in [-0.2, -0.15) is 5.10 Å². The van der Waals surface area contributed by atoms with Gasteiger partial charge in [0.2, 0.25) is 5.89 Å². The van der Waals surface area contributed by atoms with Crippen LogP contribution < -0.4 is 0 Å². The van der Waals surface area contributed by atoms with Gasteiger partial charge >= 0.3 is 0 Å². The molecule has 0 fully saturated rings. The highest BCUT2D eigenvalue weighted by atomic mass is 16.4. The number of nitrogens with zero attached hydrogens (tertiary/aromatic N) is 5. The largest absolute Gasteiger partial charge is 0.439 e. The molecule has 6 nitrogen and oxygen atoms in total. The van der Waals surface area contributed by atoms with E-state index in [4.69, 9.17) is 4.42 Å². The Hall–Kier alpha value is -3.28. The van der Waals surface area contributed by atoms with E-state index in [0.717, 1.165) is 17.0 Å². The molecule has 0 saturated heterocycles. The van der Waals surface area contributed by atoms with Crippen LogP contribution in [-0.4, -0.2) is 24.7 Å². The van der Waals surface area contributed by atoms with Gasteiger partial charge in [-0.05, 0) is 19.1 Å². The first kappa shape index (κ1) is 14.3. The third-order valence-corrected chi connectivity index (χ3v) is 3.57. The van der Waals surface area contributed by atoms with E-state index >= 15 is 0 Å². The Kier molecular flexibility index (Phi) is 3.63. The monoisotopic (exact) mass is 317 g/mol. The van der Waals surface area contributed by atoms with E-state index in [2.05, 4.69) is 20.1 Å². The lowest BCUT2D eigenvalue weighted by molar-refractivity contribution is 0.475. The van der Waals surface area contributed by atoms with Crippen LogP contribution in [0.25, 0.3) is 22.8 Å². The Morgan fingerprint density at radius 2 is 1.83 bits per heavy atom. The quantitative estimate of drug-likeness (QED) is 0.577. The Bertz CT molecular complexity index is 944. The summed E-state index contributed by atoms with van der Waals surface area (Å²) in [5, 5.41) is 4.43. The van der Waals surface area contributed by atoms with Gasteiger partial charge in [-0.15, -0.1) is 0 Å². The second-order valence-corrected chi connectivity index (χ2v) is 5.34. The summed E-state index contributed by atoms with van der Waals surface area (Å²) in [6.07, 6.45) is 3.47. The predicted octanol–water partition coefficient (Wildman–Crippen LogP) is 3.35. The van der Waals surface area contributed by atoms with Crippen molar-refractivity contribution < 1.29 is 4.42 Å². The van der Waals surface area contributed by atoms with Gasteiger partial charge in [0.15, 0.2) is 11.6 Å². The molecule has 0 radical (unpaired) electrons. The fraction of sp³-hybridized carbons (Fsp3) is 0.111. The van der Waals surface area contributed by atoms with Crippen molar-refractivity contribution in [3.63, 3.8) is 0 Å². The normalized spacial score (nSPS) is 10.9. The summed E-state index contributed by atoms with van der Waals surface area (Å²) in [4.78, 5) is 13.2. The van der Waals surface area contributed by atoms with E-state index < -0.39 is 0 Å². The molecular weight excluding hydrogens is 302 g/mol. The van der Waals surface area contributed by atoms with Crippen molar-refractivity contribution in [1.29, 1.82) is 0 Å². The van der Waals surface area contributed by atoms with E-state index in [9.17, 15) is 0 Å². The molecule has 0 unspecified atom stereocenters. The van der Waals surface area contributed by atoms with Gasteiger partial charge in [-0.1, -0.05) is 36.4 Å². The predicted molar refractivity (Wildman–Crippen MR) is 89.0 cm³/mol. The third kappa shape index (κ3) is 2.81. The highest BCUT2D eigenvalue weighted by Crippen LogP contribution is 2.21. The molecule has 24 heavy (non-hydrogen) atoms. The standard InChI is InChI=1S/C18H15N5O/c1-13-21-18(15-9-5-6-10-19-15)23(22-13)12-17-20-11-16(24-17)14-7-3-2-4-8-14/h2-11H,12H2,1H3. The summed E-state index contributed by atoms with van der Waals surface area (Å²) < 4.78 is 7.62. The first-order chi connectivity index (χ1) is 11.8. The van der Waals surface area contributed by atoms with E-state index in [1.165, 1.54) is 0 Å². The van der Waals surface area contributed by atoms with E-state index in [1.54, 1.807) is 17.1 Å². The SMILES string of the molecule is Cc1nc(-c2ccccn2)n(Cc2ncc(-c3ccccc3)o2)n1. The van der Waals surface area contributed by atoms with Gasteiger partial charge in [0, 0.05) is 11.8 Å². The van der Waals surface area contributed by atoms with Crippen molar-refractivity contribution in [2.75, 3.05) is 0 Å². The minimum absolute atomic E-state index is 0.402. The molecule has 0 spiro atoms. The number of oxazole rings is 1. The topological polar surface area (TPSA) is 69.6 Å². The second kappa shape index (κ2) is 6.08. The lowest BCUT2D eigenvalue weighted by Crippen LogP contribution is -2.05. The van der Waals surface area contributed by atoms with Crippen LogP contribution in [0, 0.1) is 6.92 Å². The first-order valence-corrected chi connectivity index (χ1v) is 7.62. The maximum Gasteiger partial charge on any atom is 0.216 e. The van der Waals surface area contributed by atoms with Crippen LogP contribution in [0.2, 0.25) is 0 Å². The van der Waals surface area contributed by atoms with Crippen molar-refractivity contribution in [1.82, 2.24) is 24.7 Å². The number of aryl methyl sites for hydroxylation is 1. The summed E-state index contributed by atoms with van der Waals surface area (Å²) in [5.74, 6) is 2.70. The Balaban J connectivity index is 1.64. The smallest absolute Gasteiger partial charge is 0.216 e. The van der Waals surface area contributed by atoms with Crippen LogP contribution in [0.1, 0.15) is 11.7 Å². The van der Waals surface area contributed by atoms with Gasteiger partial charge in [0.25, 0.3) is 0 Å². The van der Waals surface area contributed by atoms with Crippen LogP contribution in [0.4, 0.5) is 0 Å². The summed E-state index contributed by atoms with van der Waals surface area (Å²) >= 11 is 0. The molecule has 0 amide bonds. The molecular formula is C18H15N5O. The van der Waals surface area contributed by atoms with Gasteiger partial charge in [-0.25, -0.2) is 14.6 Å². The maximum atomic E-state index is 5.85. The zero-order valence-electron chi connectivity index (χ0n) is 13.1. The molecule has 0 aliphatic rings. The molecule has 118 valence electrons. The van der Waals surface area contributed by atoms with Crippen LogP contribution >= 0.6 is 0 Å². The van der Waals surface area contributed by atoms with Gasteiger partial charge in [-0.3, -0.25) is 4.98 Å². The number of benzene rings is 1. The average molecular weight is 317 g/mol. The molecule has 1 aromatic carbocycles. The Morgan fingerprint density at radius 1 is 1.00 bits per heavy atom. The van der Waals surface area contributed by atoms with Crippen molar-refractivity contribution in [2.45, 2.75) is 13.5 Å². The molecule has 4 aromatic rings. The summed E-state index contributed by atoms with van der Waals surface area (Å²) in [6.45, 7) is 2.26. The van der Waals surface area contributed by atoms with E-state index in [-0.39, 0.29) is 0 Å². The van der Waals surface area contributed by atoms with Crippen molar-refractivity contribution in [3.05, 3.63) is 72.6 Å². The lowest BCUT2D eigenvalue weighted by atomic mass is 10.2. The van der Waals surface area contributed by atoms with Gasteiger partial charge < -0.3 is 4.42 Å². The molecule has 0 bridgehead atoms. The van der Waals surface area contributed by atoms with Crippen molar-refractivity contribution in [2.24, 2.45) is 0 Å². The average Bonchev–Trinajstić information content (AvgIpc) is 3.23. The maximum absolute atomic E-state index is 5.85. The van der Waals surface area contributed by atoms with Crippen LogP contribution in [0.5, 0.6) is 0 Å². The zero-order chi connectivity index (χ0) is 16.4. The third-order valence-electron chi connectivity index (χ3n) is 3.57. The van der Waals surface area contributed by atoms with Gasteiger partial charge in [0.05, 0.1) is 6.20 Å². The fourth-order valence-corrected chi connectivity index (χ4v) is 2.50. The number of hydrogen-bond acceptors (Lipinski definition) is 5. The zero-order valence-corrected chi connectivity index (χ0v) is 13.1. The fourth-order valence-electron chi connectivity index (χ4n) is 2.50. The minimum atomic E-state index is 0.402. The second-order valence-electron chi connectivity index (χ2n) is 5.34. The Labute approximate surface area is 138 Å². The van der Waals surface area contributed by atoms with Crippen LogP contribution in [-0.2, 0) is 6.54 Å². The Morgan fingerprint density at radius 3 is 2.62 bits per heavy atom. The van der Waals surface area contributed by atoms with Crippen LogP contribution in [0.3, 0.4) is 0 Å². The molecule has 3 aromatic heterocycles. The first-order valence-electron chi connectivity index (χ1n) is 7.62. The molecule has 0 saturated carbocycles. The number of hydrogen-bond donors (Lipinski definition) is 0. The molecule has 0 aliphatic carbocycles. The molecule has 4 rings (SSSR count). The molecule has 3 heterocycles. The van der Waals surface area contributed by atoms with E-state index in [0.29, 0.717) is 24.1 Å². The van der Waals surface area contributed by atoms with Crippen molar-refractivity contribution >= 4 is 0 Å². The lowest BCUT2D eigenvalue weighted by Gasteiger charge is -2.02.